The molecule has 20 heavy (non-hydrogen) atoms. The van der Waals surface area contributed by atoms with Gasteiger partial charge in [-0.15, -0.1) is 0 Å². The van der Waals surface area contributed by atoms with E-state index in [4.69, 9.17) is 9.47 Å². The molecule has 5 heteroatoms. The number of rotatable bonds is 5. The highest BCUT2D eigenvalue weighted by atomic mass is 32.2. The first-order chi connectivity index (χ1) is 9.09. The fourth-order valence-electron chi connectivity index (χ4n) is 3.25. The van der Waals surface area contributed by atoms with Crippen molar-refractivity contribution < 1.29 is 18.5 Å². The number of carbonyl (C=O) groups is 1. The molecular weight excluding hydrogens is 276 g/mol. The van der Waals surface area contributed by atoms with Gasteiger partial charge in [-0.05, 0) is 52.4 Å². The molecule has 0 N–H and O–H groups in total. The van der Waals surface area contributed by atoms with Crippen LogP contribution < -0.4 is 0 Å². The van der Waals surface area contributed by atoms with Crippen LogP contribution in [0, 0.1) is 5.41 Å². The molecule has 4 nitrogen and oxygen atoms in total. The first-order valence-corrected chi connectivity index (χ1v) is 8.62. The van der Waals surface area contributed by atoms with Crippen molar-refractivity contribution in [1.82, 2.24) is 0 Å². The summed E-state index contributed by atoms with van der Waals surface area (Å²) in [6, 6.07) is 0. The molecule has 116 valence electrons. The van der Waals surface area contributed by atoms with Gasteiger partial charge in [0, 0.05) is 16.6 Å². The van der Waals surface area contributed by atoms with Gasteiger partial charge in [0.05, 0.1) is 30.0 Å². The Labute approximate surface area is 124 Å². The van der Waals surface area contributed by atoms with E-state index in [9.17, 15) is 9.00 Å². The van der Waals surface area contributed by atoms with Gasteiger partial charge >= 0.3 is 5.97 Å². The monoisotopic (exact) mass is 302 g/mol. The van der Waals surface area contributed by atoms with E-state index in [-0.39, 0.29) is 27.8 Å². The minimum Gasteiger partial charge on any atom is -0.469 e. The molecule has 2 unspecified atom stereocenters. The largest absolute Gasteiger partial charge is 0.469 e. The Kier molecular flexibility index (Phi) is 4.06. The van der Waals surface area contributed by atoms with Crippen molar-refractivity contribution in [3.8, 4) is 0 Å². The van der Waals surface area contributed by atoms with Gasteiger partial charge in [0.25, 0.3) is 0 Å². The fraction of sp³-hybridized carbons (Fsp3) is 0.933. The molecule has 1 saturated heterocycles. The molecule has 0 aromatic carbocycles. The highest BCUT2D eigenvalue weighted by Crippen LogP contribution is 2.51. The molecule has 2 fully saturated rings. The summed E-state index contributed by atoms with van der Waals surface area (Å²) in [6.07, 6.45) is 3.16. The number of hydrogen-bond acceptors (Lipinski definition) is 4. The average molecular weight is 302 g/mol. The summed E-state index contributed by atoms with van der Waals surface area (Å²) in [6.45, 7) is 8.13. The highest BCUT2D eigenvalue weighted by molar-refractivity contribution is 7.85. The Morgan fingerprint density at radius 3 is 2.30 bits per heavy atom. The third kappa shape index (κ3) is 3.42. The van der Waals surface area contributed by atoms with Crippen LogP contribution in [0.1, 0.15) is 53.4 Å². The van der Waals surface area contributed by atoms with Gasteiger partial charge in [0.2, 0.25) is 0 Å². The van der Waals surface area contributed by atoms with Crippen molar-refractivity contribution in [3.05, 3.63) is 0 Å². The van der Waals surface area contributed by atoms with Gasteiger partial charge in [-0.3, -0.25) is 9.00 Å². The lowest BCUT2D eigenvalue weighted by molar-refractivity contribution is -0.141. The second-order valence-corrected chi connectivity index (χ2v) is 9.06. The molecule has 0 amide bonds. The van der Waals surface area contributed by atoms with Crippen LogP contribution >= 0.6 is 0 Å². The topological polar surface area (TPSA) is 52.6 Å². The summed E-state index contributed by atoms with van der Waals surface area (Å²) < 4.78 is 23.5. The SMILES string of the molecule is COC(=O)CC1(CS(=O)C2CC(C)(C)OC2(C)C)CC1. The highest BCUT2D eigenvalue weighted by Gasteiger charge is 2.52. The molecule has 1 aliphatic carbocycles. The summed E-state index contributed by atoms with van der Waals surface area (Å²) in [5.74, 6) is 0.400. The lowest BCUT2D eigenvalue weighted by atomic mass is 10.0. The molecule has 2 atom stereocenters. The Balaban J connectivity index is 2.01. The van der Waals surface area contributed by atoms with Gasteiger partial charge in [0.1, 0.15) is 0 Å². The predicted octanol–water partition coefficient (Wildman–Crippen LogP) is 2.42. The molecule has 0 aromatic rings. The first-order valence-electron chi connectivity index (χ1n) is 7.23. The normalized spacial score (nSPS) is 30.8. The van der Waals surface area contributed by atoms with Gasteiger partial charge < -0.3 is 9.47 Å². The summed E-state index contributed by atoms with van der Waals surface area (Å²) >= 11 is 0. The zero-order chi connectivity index (χ0) is 15.2. The zero-order valence-electron chi connectivity index (χ0n) is 13.2. The summed E-state index contributed by atoms with van der Waals surface area (Å²) in [4.78, 5) is 11.5. The van der Waals surface area contributed by atoms with Crippen molar-refractivity contribution >= 4 is 16.8 Å². The van der Waals surface area contributed by atoms with Crippen molar-refractivity contribution in [2.75, 3.05) is 12.9 Å². The smallest absolute Gasteiger partial charge is 0.306 e. The lowest BCUT2D eigenvalue weighted by Crippen LogP contribution is -2.38. The van der Waals surface area contributed by atoms with Crippen LogP contribution in [-0.4, -0.2) is 39.5 Å². The van der Waals surface area contributed by atoms with Crippen LogP contribution in [0.3, 0.4) is 0 Å². The zero-order valence-corrected chi connectivity index (χ0v) is 14.0. The number of ether oxygens (including phenoxy) is 2. The van der Waals surface area contributed by atoms with Crippen LogP contribution in [0.4, 0.5) is 0 Å². The van der Waals surface area contributed by atoms with E-state index in [0.29, 0.717) is 12.2 Å². The molecular formula is C15H26O4S. The van der Waals surface area contributed by atoms with Crippen LogP contribution in [0.25, 0.3) is 0 Å². The quantitative estimate of drug-likeness (QED) is 0.732. The Morgan fingerprint density at radius 1 is 1.30 bits per heavy atom. The molecule has 0 spiro atoms. The maximum absolute atomic E-state index is 12.8. The van der Waals surface area contributed by atoms with Gasteiger partial charge in [-0.1, -0.05) is 0 Å². The van der Waals surface area contributed by atoms with E-state index in [2.05, 4.69) is 0 Å². The molecule has 2 aliphatic rings. The molecule has 2 rings (SSSR count). The van der Waals surface area contributed by atoms with Gasteiger partial charge in [0.15, 0.2) is 0 Å². The van der Waals surface area contributed by atoms with E-state index < -0.39 is 10.8 Å². The average Bonchev–Trinajstić information content (AvgIpc) is 2.98. The van der Waals surface area contributed by atoms with Crippen molar-refractivity contribution in [2.45, 2.75) is 69.8 Å². The molecule has 1 aliphatic heterocycles. The van der Waals surface area contributed by atoms with Crippen LogP contribution in [0.5, 0.6) is 0 Å². The van der Waals surface area contributed by atoms with Crippen LogP contribution in [-0.2, 0) is 25.1 Å². The molecule has 0 radical (unpaired) electrons. The van der Waals surface area contributed by atoms with E-state index >= 15 is 0 Å². The Morgan fingerprint density at radius 2 is 1.90 bits per heavy atom. The van der Waals surface area contributed by atoms with Gasteiger partial charge in [-0.2, -0.15) is 0 Å². The molecule has 0 aromatic heterocycles. The fourth-order valence-corrected chi connectivity index (χ4v) is 5.71. The third-order valence-electron chi connectivity index (χ3n) is 4.46. The van der Waals surface area contributed by atoms with Crippen LogP contribution in [0.15, 0.2) is 0 Å². The minimum atomic E-state index is -0.970. The first kappa shape index (κ1) is 16.0. The van der Waals surface area contributed by atoms with Crippen molar-refractivity contribution in [3.63, 3.8) is 0 Å². The maximum atomic E-state index is 12.8. The minimum absolute atomic E-state index is 0.0348. The Bertz CT molecular complexity index is 424. The van der Waals surface area contributed by atoms with E-state index in [1.165, 1.54) is 7.11 Å². The van der Waals surface area contributed by atoms with Gasteiger partial charge in [-0.25, -0.2) is 0 Å². The standard InChI is InChI=1S/C15H26O4S/c1-13(2)8-11(14(3,4)19-13)20(17)10-15(6-7-15)9-12(16)18-5/h11H,6-10H2,1-5H3. The van der Waals surface area contributed by atoms with E-state index in [0.717, 1.165) is 19.3 Å². The second kappa shape index (κ2) is 5.09. The van der Waals surface area contributed by atoms with E-state index in [1.807, 2.05) is 27.7 Å². The Hall–Kier alpha value is -0.420. The maximum Gasteiger partial charge on any atom is 0.306 e. The lowest BCUT2D eigenvalue weighted by Gasteiger charge is -2.27. The molecule has 1 heterocycles. The van der Waals surface area contributed by atoms with Crippen molar-refractivity contribution in [1.29, 1.82) is 0 Å². The molecule has 1 saturated carbocycles. The molecule has 0 bridgehead atoms. The third-order valence-corrected chi connectivity index (χ3v) is 6.73. The summed E-state index contributed by atoms with van der Waals surface area (Å²) in [7, 11) is 0.439. The van der Waals surface area contributed by atoms with E-state index in [1.54, 1.807) is 0 Å². The number of methoxy groups -OCH3 is 1. The summed E-state index contributed by atoms with van der Waals surface area (Å²) in [5.41, 5.74) is -0.667. The van der Waals surface area contributed by atoms with Crippen LogP contribution in [0.2, 0.25) is 0 Å². The second-order valence-electron chi connectivity index (χ2n) is 7.44. The number of esters is 1. The summed E-state index contributed by atoms with van der Waals surface area (Å²) in [5, 5.41) is 0.0348. The number of hydrogen-bond donors (Lipinski definition) is 0. The predicted molar refractivity (Wildman–Crippen MR) is 79.0 cm³/mol. The van der Waals surface area contributed by atoms with Crippen molar-refractivity contribution in [2.24, 2.45) is 5.41 Å². The number of carbonyl (C=O) groups excluding carboxylic acids is 1.